The van der Waals surface area contributed by atoms with Gasteiger partial charge in [-0.3, -0.25) is 9.69 Å². The van der Waals surface area contributed by atoms with Crippen molar-refractivity contribution in [3.63, 3.8) is 0 Å². The lowest BCUT2D eigenvalue weighted by Gasteiger charge is -2.74. The van der Waals surface area contributed by atoms with Crippen LogP contribution in [0, 0.1) is 5.82 Å². The zero-order valence-corrected chi connectivity index (χ0v) is 15.7. The lowest BCUT2D eigenvalue weighted by Crippen LogP contribution is -2.86. The number of carbonyl (C=O) groups is 2. The molecule has 3 aliphatic carbocycles. The molecule has 0 aromatic heterocycles. The number of halogens is 2. The highest BCUT2D eigenvalue weighted by molar-refractivity contribution is 6.30. The molecule has 0 aliphatic heterocycles. The number of benzene rings is 1. The van der Waals surface area contributed by atoms with Crippen LogP contribution >= 0.6 is 11.6 Å². The molecule has 0 unspecified atom stereocenters. The second-order valence-electron chi connectivity index (χ2n) is 8.24. The largest absolute Gasteiger partial charge is 0.484 e. The predicted octanol–water partition coefficient (Wildman–Crippen LogP) is 3.43. The topological polar surface area (TPSA) is 78.9 Å². The lowest BCUT2D eigenvalue weighted by atomic mass is 9.43. The number of nitrogens with zero attached hydrogens (tertiary/aromatic N) is 1. The van der Waals surface area contributed by atoms with E-state index in [-0.39, 0.29) is 28.8 Å². The second-order valence-corrected chi connectivity index (χ2v) is 8.64. The summed E-state index contributed by atoms with van der Waals surface area (Å²) in [7, 11) is 0. The van der Waals surface area contributed by atoms with Crippen molar-refractivity contribution >= 4 is 23.6 Å². The van der Waals surface area contributed by atoms with Gasteiger partial charge in [-0.25, -0.2) is 9.18 Å². The van der Waals surface area contributed by atoms with Gasteiger partial charge in [0.05, 0.1) is 10.6 Å². The van der Waals surface area contributed by atoms with Gasteiger partial charge in [0, 0.05) is 17.1 Å². The Morgan fingerprint density at radius 1 is 1.35 bits per heavy atom. The van der Waals surface area contributed by atoms with Crippen molar-refractivity contribution in [3.05, 3.63) is 29.0 Å². The van der Waals surface area contributed by atoms with Gasteiger partial charge >= 0.3 is 6.09 Å². The fraction of sp³-hybridized carbons (Fsp3) is 0.556. The second kappa shape index (κ2) is 6.01. The first-order valence-corrected chi connectivity index (χ1v) is 8.76. The monoisotopic (exact) mass is 384 g/mol. The molecular formula is C18H22ClFN2O4. The van der Waals surface area contributed by atoms with Gasteiger partial charge in [-0.15, -0.1) is 0 Å². The normalized spacial score (nSPS) is 26.3. The van der Waals surface area contributed by atoms with E-state index in [1.807, 2.05) is 20.8 Å². The SMILES string of the molecule is CC(C)(C)N(C(=O)O)C12CC(NC(=O)COc3ccc(Cl)c(F)c3)(C1)C2. The maximum absolute atomic E-state index is 13.4. The number of ether oxygens (including phenoxy) is 1. The van der Waals surface area contributed by atoms with Gasteiger partial charge in [0.15, 0.2) is 6.61 Å². The van der Waals surface area contributed by atoms with Crippen LogP contribution in [0.4, 0.5) is 9.18 Å². The van der Waals surface area contributed by atoms with E-state index >= 15 is 0 Å². The van der Waals surface area contributed by atoms with Crippen LogP contribution in [0.5, 0.6) is 5.75 Å². The van der Waals surface area contributed by atoms with Crippen LogP contribution in [-0.2, 0) is 4.79 Å². The Morgan fingerprint density at radius 3 is 2.46 bits per heavy atom. The number of hydrogen-bond acceptors (Lipinski definition) is 3. The molecule has 1 aromatic carbocycles. The minimum atomic E-state index is -0.940. The molecule has 6 nitrogen and oxygen atoms in total. The highest BCUT2D eigenvalue weighted by Gasteiger charge is 2.73. The van der Waals surface area contributed by atoms with E-state index < -0.39 is 23.0 Å². The Morgan fingerprint density at radius 2 is 1.96 bits per heavy atom. The van der Waals surface area contributed by atoms with Gasteiger partial charge in [0.2, 0.25) is 0 Å². The van der Waals surface area contributed by atoms with Crippen molar-refractivity contribution < 1.29 is 23.8 Å². The maximum atomic E-state index is 13.4. The third kappa shape index (κ3) is 3.20. The first-order valence-electron chi connectivity index (χ1n) is 8.39. The molecule has 2 amide bonds. The summed E-state index contributed by atoms with van der Waals surface area (Å²) in [6, 6.07) is 3.98. The minimum absolute atomic E-state index is 0.0113. The molecule has 0 radical (unpaired) electrons. The summed E-state index contributed by atoms with van der Waals surface area (Å²) in [5.41, 5.74) is -1.24. The Hall–Kier alpha value is -2.02. The quantitative estimate of drug-likeness (QED) is 0.815. The van der Waals surface area contributed by atoms with E-state index in [1.165, 1.54) is 17.0 Å². The molecule has 3 saturated carbocycles. The average Bonchev–Trinajstić information content (AvgIpc) is 2.43. The number of amides is 2. The molecule has 0 spiro atoms. The molecular weight excluding hydrogens is 363 g/mol. The summed E-state index contributed by atoms with van der Waals surface area (Å²) in [6.45, 7) is 5.36. The fourth-order valence-corrected chi connectivity index (χ4v) is 4.47. The molecule has 3 fully saturated rings. The van der Waals surface area contributed by atoms with Crippen LogP contribution in [-0.4, -0.2) is 45.2 Å². The molecule has 3 aliphatic rings. The molecule has 0 heterocycles. The van der Waals surface area contributed by atoms with E-state index in [4.69, 9.17) is 16.3 Å². The van der Waals surface area contributed by atoms with Crippen molar-refractivity contribution in [2.45, 2.75) is 56.7 Å². The van der Waals surface area contributed by atoms with E-state index in [1.54, 1.807) is 0 Å². The van der Waals surface area contributed by atoms with Gasteiger partial charge in [0.1, 0.15) is 11.6 Å². The highest BCUT2D eigenvalue weighted by atomic mass is 35.5. The van der Waals surface area contributed by atoms with Gasteiger partial charge in [0.25, 0.3) is 5.91 Å². The maximum Gasteiger partial charge on any atom is 0.408 e. The van der Waals surface area contributed by atoms with E-state index in [2.05, 4.69) is 5.32 Å². The summed E-state index contributed by atoms with van der Waals surface area (Å²) in [5.74, 6) is -0.700. The molecule has 4 rings (SSSR count). The van der Waals surface area contributed by atoms with Crippen molar-refractivity contribution in [1.29, 1.82) is 0 Å². The van der Waals surface area contributed by atoms with Crippen LogP contribution in [0.1, 0.15) is 40.0 Å². The molecule has 2 N–H and O–H groups in total. The fourth-order valence-electron chi connectivity index (χ4n) is 4.35. The summed E-state index contributed by atoms with van der Waals surface area (Å²) < 4.78 is 18.6. The van der Waals surface area contributed by atoms with Crippen molar-refractivity contribution in [3.8, 4) is 5.75 Å². The Bertz CT molecular complexity index is 742. The Balaban J connectivity index is 1.52. The van der Waals surface area contributed by atoms with Crippen LogP contribution in [0.15, 0.2) is 18.2 Å². The Kier molecular flexibility index (Phi) is 4.34. The molecule has 0 saturated heterocycles. The Labute approximate surface area is 156 Å². The number of hydrogen-bond donors (Lipinski definition) is 2. The molecule has 0 atom stereocenters. The number of carboxylic acid groups (broad SMARTS) is 1. The van der Waals surface area contributed by atoms with E-state index in [9.17, 15) is 19.1 Å². The summed E-state index contributed by atoms with van der Waals surface area (Å²) in [4.78, 5) is 25.2. The zero-order chi connectivity index (χ0) is 19.3. The van der Waals surface area contributed by atoms with Gasteiger partial charge in [-0.1, -0.05) is 11.6 Å². The average molecular weight is 385 g/mol. The molecule has 142 valence electrons. The molecule has 8 heteroatoms. The van der Waals surface area contributed by atoms with E-state index in [0.717, 1.165) is 6.07 Å². The van der Waals surface area contributed by atoms with Crippen molar-refractivity contribution in [1.82, 2.24) is 10.2 Å². The first-order chi connectivity index (χ1) is 12.0. The summed E-state index contributed by atoms with van der Waals surface area (Å²) in [5, 5.41) is 12.4. The van der Waals surface area contributed by atoms with Crippen molar-refractivity contribution in [2.24, 2.45) is 0 Å². The molecule has 26 heavy (non-hydrogen) atoms. The van der Waals surface area contributed by atoms with Crippen LogP contribution in [0.25, 0.3) is 0 Å². The van der Waals surface area contributed by atoms with Crippen LogP contribution in [0.2, 0.25) is 5.02 Å². The van der Waals surface area contributed by atoms with Crippen LogP contribution < -0.4 is 10.1 Å². The van der Waals surface area contributed by atoms with E-state index in [0.29, 0.717) is 19.3 Å². The first kappa shape index (κ1) is 18.8. The van der Waals surface area contributed by atoms with Gasteiger partial charge < -0.3 is 15.2 Å². The number of rotatable bonds is 5. The summed E-state index contributed by atoms with van der Waals surface area (Å²) >= 11 is 5.60. The number of carbonyl (C=O) groups excluding carboxylic acids is 1. The van der Waals surface area contributed by atoms with Gasteiger partial charge in [-0.05, 0) is 52.2 Å². The molecule has 2 bridgehead atoms. The highest BCUT2D eigenvalue weighted by Crippen LogP contribution is 2.64. The lowest BCUT2D eigenvalue weighted by molar-refractivity contribution is -0.190. The predicted molar refractivity (Wildman–Crippen MR) is 94.0 cm³/mol. The third-order valence-corrected chi connectivity index (χ3v) is 5.31. The zero-order valence-electron chi connectivity index (χ0n) is 14.9. The van der Waals surface area contributed by atoms with Gasteiger partial charge in [-0.2, -0.15) is 0 Å². The number of nitrogens with one attached hydrogen (secondary N) is 1. The smallest absolute Gasteiger partial charge is 0.408 e. The summed E-state index contributed by atoms with van der Waals surface area (Å²) in [6.07, 6.45) is 0.867. The van der Waals surface area contributed by atoms with Crippen molar-refractivity contribution in [2.75, 3.05) is 6.61 Å². The standard InChI is InChI=1S/C18H22ClFN2O4/c1-16(2,3)22(15(24)25)18-8-17(9-18,10-18)21-14(23)7-26-11-4-5-12(19)13(20)6-11/h4-6H,7-10H2,1-3H3,(H,21,23)(H,24,25). The van der Waals surface area contributed by atoms with Crippen LogP contribution in [0.3, 0.4) is 0 Å². The molecule has 1 aromatic rings. The minimum Gasteiger partial charge on any atom is -0.484 e. The third-order valence-electron chi connectivity index (χ3n) is 5.00.